The summed E-state index contributed by atoms with van der Waals surface area (Å²) in [5.74, 6) is -1.23. The topological polar surface area (TPSA) is 92.3 Å². The van der Waals surface area contributed by atoms with Gasteiger partial charge in [-0.15, -0.1) is 0 Å². The molecule has 2 N–H and O–H groups in total. The molecule has 1 aliphatic heterocycles. The van der Waals surface area contributed by atoms with E-state index in [9.17, 15) is 19.2 Å². The van der Waals surface area contributed by atoms with Gasteiger partial charge in [0.15, 0.2) is 11.6 Å². The summed E-state index contributed by atoms with van der Waals surface area (Å²) in [4.78, 5) is 46.6. The standard InChI is InChI=1S/C18H14N2O4/c1-9(21)13-5-3-11(7-15(13)10(2)22)19-12-4-6-14-16(8-12)18(24)20-17(14)23/h3-8,19H,1-2H3,(H,20,23,24). The van der Waals surface area contributed by atoms with E-state index in [0.29, 0.717) is 33.6 Å². The Hall–Kier alpha value is -3.28. The molecule has 0 saturated carbocycles. The van der Waals surface area contributed by atoms with E-state index in [2.05, 4.69) is 10.6 Å². The molecular formula is C18H14N2O4. The predicted octanol–water partition coefficient (Wildman–Crippen LogP) is 2.72. The average Bonchev–Trinajstić information content (AvgIpc) is 2.81. The summed E-state index contributed by atoms with van der Waals surface area (Å²) >= 11 is 0. The maximum atomic E-state index is 11.7. The first-order chi connectivity index (χ1) is 11.4. The van der Waals surface area contributed by atoms with Gasteiger partial charge in [0.05, 0.1) is 11.1 Å². The molecule has 0 aliphatic carbocycles. The molecular weight excluding hydrogens is 308 g/mol. The number of nitrogens with one attached hydrogen (secondary N) is 2. The Bertz CT molecular complexity index is 915. The molecule has 3 rings (SSSR count). The van der Waals surface area contributed by atoms with Gasteiger partial charge in [0, 0.05) is 22.5 Å². The van der Waals surface area contributed by atoms with Crippen LogP contribution in [-0.4, -0.2) is 23.4 Å². The van der Waals surface area contributed by atoms with E-state index in [0.717, 1.165) is 0 Å². The fourth-order valence-electron chi connectivity index (χ4n) is 2.63. The number of carbonyl (C=O) groups excluding carboxylic acids is 4. The Morgan fingerprint density at radius 3 is 2.04 bits per heavy atom. The van der Waals surface area contributed by atoms with Crippen LogP contribution >= 0.6 is 0 Å². The number of hydrogen-bond donors (Lipinski definition) is 2. The molecule has 1 aliphatic rings. The Labute approximate surface area is 137 Å². The summed E-state index contributed by atoms with van der Waals surface area (Å²) in [6.07, 6.45) is 0. The minimum Gasteiger partial charge on any atom is -0.355 e. The van der Waals surface area contributed by atoms with E-state index in [-0.39, 0.29) is 11.6 Å². The average molecular weight is 322 g/mol. The lowest BCUT2D eigenvalue weighted by molar-refractivity contribution is 0.0878. The fourth-order valence-corrected chi connectivity index (χ4v) is 2.63. The SMILES string of the molecule is CC(=O)c1ccc(Nc2ccc3c(c2)C(=O)NC3=O)cc1C(C)=O. The number of hydrogen-bond acceptors (Lipinski definition) is 5. The third-order valence-corrected chi connectivity index (χ3v) is 3.80. The molecule has 0 fully saturated rings. The molecule has 0 radical (unpaired) electrons. The van der Waals surface area contributed by atoms with Crippen molar-refractivity contribution in [3.05, 3.63) is 58.7 Å². The molecule has 2 aromatic rings. The van der Waals surface area contributed by atoms with Crippen LogP contribution in [0.25, 0.3) is 0 Å². The van der Waals surface area contributed by atoms with Crippen molar-refractivity contribution in [3.63, 3.8) is 0 Å². The first kappa shape index (κ1) is 15.6. The van der Waals surface area contributed by atoms with E-state index < -0.39 is 11.8 Å². The molecule has 0 bridgehead atoms. The second kappa shape index (κ2) is 5.73. The lowest BCUT2D eigenvalue weighted by atomic mass is 10.0. The lowest BCUT2D eigenvalue weighted by Crippen LogP contribution is -2.19. The van der Waals surface area contributed by atoms with E-state index >= 15 is 0 Å². The van der Waals surface area contributed by atoms with Crippen LogP contribution in [0.3, 0.4) is 0 Å². The Balaban J connectivity index is 1.95. The molecule has 6 heteroatoms. The van der Waals surface area contributed by atoms with E-state index in [1.54, 1.807) is 36.4 Å². The number of benzene rings is 2. The van der Waals surface area contributed by atoms with Gasteiger partial charge in [-0.1, -0.05) is 0 Å². The van der Waals surface area contributed by atoms with Gasteiger partial charge >= 0.3 is 0 Å². The van der Waals surface area contributed by atoms with Crippen molar-refractivity contribution in [2.24, 2.45) is 0 Å². The molecule has 120 valence electrons. The molecule has 0 unspecified atom stereocenters. The van der Waals surface area contributed by atoms with Crippen molar-refractivity contribution >= 4 is 34.8 Å². The van der Waals surface area contributed by atoms with Gasteiger partial charge in [-0.3, -0.25) is 24.5 Å². The van der Waals surface area contributed by atoms with E-state index in [1.807, 2.05) is 0 Å². The molecule has 0 saturated heterocycles. The number of carbonyl (C=O) groups is 4. The molecule has 24 heavy (non-hydrogen) atoms. The first-order valence-corrected chi connectivity index (χ1v) is 7.29. The van der Waals surface area contributed by atoms with Crippen LogP contribution < -0.4 is 10.6 Å². The van der Waals surface area contributed by atoms with Crippen LogP contribution in [0, 0.1) is 0 Å². The third kappa shape index (κ3) is 2.69. The fraction of sp³-hybridized carbons (Fsp3) is 0.111. The van der Waals surface area contributed by atoms with Gasteiger partial charge < -0.3 is 5.32 Å². The zero-order valence-electron chi connectivity index (χ0n) is 13.1. The highest BCUT2D eigenvalue weighted by Gasteiger charge is 2.26. The van der Waals surface area contributed by atoms with Crippen LogP contribution in [0.1, 0.15) is 55.3 Å². The van der Waals surface area contributed by atoms with Crippen LogP contribution in [0.15, 0.2) is 36.4 Å². The van der Waals surface area contributed by atoms with Gasteiger partial charge in [0.1, 0.15) is 0 Å². The van der Waals surface area contributed by atoms with Crippen LogP contribution in [0.5, 0.6) is 0 Å². The van der Waals surface area contributed by atoms with Crippen molar-refractivity contribution < 1.29 is 19.2 Å². The summed E-state index contributed by atoms with van der Waals surface area (Å²) < 4.78 is 0. The zero-order valence-corrected chi connectivity index (χ0v) is 13.1. The van der Waals surface area contributed by atoms with Gasteiger partial charge in [0.2, 0.25) is 0 Å². The van der Waals surface area contributed by atoms with Crippen molar-refractivity contribution in [2.75, 3.05) is 5.32 Å². The Morgan fingerprint density at radius 2 is 1.38 bits per heavy atom. The summed E-state index contributed by atoms with van der Waals surface area (Å²) in [5.41, 5.74) is 2.55. The van der Waals surface area contributed by atoms with Crippen molar-refractivity contribution in [1.29, 1.82) is 0 Å². The third-order valence-electron chi connectivity index (χ3n) is 3.80. The maximum Gasteiger partial charge on any atom is 0.259 e. The molecule has 2 aromatic carbocycles. The number of imide groups is 1. The van der Waals surface area contributed by atoms with Crippen molar-refractivity contribution in [2.45, 2.75) is 13.8 Å². The molecule has 0 spiro atoms. The monoisotopic (exact) mass is 322 g/mol. The summed E-state index contributed by atoms with van der Waals surface area (Å²) in [5, 5.41) is 5.31. The van der Waals surface area contributed by atoms with Gasteiger partial charge in [0.25, 0.3) is 11.8 Å². The molecule has 2 amide bonds. The second-order valence-corrected chi connectivity index (χ2v) is 5.54. The van der Waals surface area contributed by atoms with Gasteiger partial charge in [-0.25, -0.2) is 0 Å². The molecule has 0 atom stereocenters. The smallest absolute Gasteiger partial charge is 0.259 e. The normalized spacial score (nSPS) is 12.6. The van der Waals surface area contributed by atoms with E-state index in [1.165, 1.54) is 13.8 Å². The maximum absolute atomic E-state index is 11.7. The van der Waals surface area contributed by atoms with Gasteiger partial charge in [-0.2, -0.15) is 0 Å². The van der Waals surface area contributed by atoms with Gasteiger partial charge in [-0.05, 0) is 50.2 Å². The van der Waals surface area contributed by atoms with E-state index in [4.69, 9.17) is 0 Å². The van der Waals surface area contributed by atoms with Crippen LogP contribution in [0.4, 0.5) is 11.4 Å². The molecule has 0 aromatic heterocycles. The molecule has 1 heterocycles. The number of Topliss-reactive ketones (excluding diaryl/α,β-unsaturated/α-hetero) is 2. The van der Waals surface area contributed by atoms with Crippen molar-refractivity contribution in [3.8, 4) is 0 Å². The largest absolute Gasteiger partial charge is 0.355 e. The highest BCUT2D eigenvalue weighted by molar-refractivity contribution is 6.21. The highest BCUT2D eigenvalue weighted by atomic mass is 16.2. The number of rotatable bonds is 4. The predicted molar refractivity (Wildman–Crippen MR) is 88.0 cm³/mol. The second-order valence-electron chi connectivity index (χ2n) is 5.54. The Morgan fingerprint density at radius 1 is 0.792 bits per heavy atom. The van der Waals surface area contributed by atoms with Crippen LogP contribution in [-0.2, 0) is 0 Å². The summed E-state index contributed by atoms with van der Waals surface area (Å²) in [6.45, 7) is 2.81. The summed E-state index contributed by atoms with van der Waals surface area (Å²) in [6, 6.07) is 9.67. The number of fused-ring (bicyclic) bond motifs is 1. The number of ketones is 2. The van der Waals surface area contributed by atoms with Crippen molar-refractivity contribution in [1.82, 2.24) is 5.32 Å². The number of anilines is 2. The summed E-state index contributed by atoms with van der Waals surface area (Å²) in [7, 11) is 0. The Kier molecular flexibility index (Phi) is 3.73. The number of amides is 2. The molecule has 6 nitrogen and oxygen atoms in total. The lowest BCUT2D eigenvalue weighted by Gasteiger charge is -2.10. The minimum atomic E-state index is -0.435. The zero-order chi connectivity index (χ0) is 17.4. The minimum absolute atomic E-state index is 0.181. The highest BCUT2D eigenvalue weighted by Crippen LogP contribution is 2.25. The van der Waals surface area contributed by atoms with Crippen LogP contribution in [0.2, 0.25) is 0 Å². The first-order valence-electron chi connectivity index (χ1n) is 7.29. The quantitative estimate of drug-likeness (QED) is 0.667.